The van der Waals surface area contributed by atoms with Gasteiger partial charge < -0.3 is 15.0 Å². The summed E-state index contributed by atoms with van der Waals surface area (Å²) >= 11 is 0. The number of para-hydroxylation sites is 2. The molecule has 1 saturated heterocycles. The number of hydrogen-bond donors (Lipinski definition) is 1. The Morgan fingerprint density at radius 2 is 1.70 bits per heavy atom. The molecule has 0 aliphatic carbocycles. The van der Waals surface area contributed by atoms with Gasteiger partial charge in [0.05, 0.1) is 19.1 Å². The lowest BCUT2D eigenvalue weighted by atomic mass is 10.1. The number of hydrogen-bond acceptors (Lipinski definition) is 5. The van der Waals surface area contributed by atoms with Crippen molar-refractivity contribution in [2.45, 2.75) is 32.1 Å². The van der Waals surface area contributed by atoms with Crippen LogP contribution in [-0.4, -0.2) is 58.1 Å². The highest BCUT2D eigenvalue weighted by Crippen LogP contribution is 2.29. The summed E-state index contributed by atoms with van der Waals surface area (Å²) in [6.07, 6.45) is 4.85. The first-order valence-electron chi connectivity index (χ1n) is 11.1. The fraction of sp³-hybridized carbons (Fsp3) is 0.417. The Labute approximate surface area is 195 Å². The van der Waals surface area contributed by atoms with E-state index in [0.717, 1.165) is 38.6 Å². The van der Waals surface area contributed by atoms with Crippen LogP contribution in [0.15, 0.2) is 48.5 Å². The van der Waals surface area contributed by atoms with Gasteiger partial charge in [-0.1, -0.05) is 12.1 Å². The van der Waals surface area contributed by atoms with Gasteiger partial charge in [-0.25, -0.2) is 8.42 Å². The maximum atomic E-state index is 12.6. The van der Waals surface area contributed by atoms with Gasteiger partial charge in [0.15, 0.2) is 0 Å². The number of nitrogens with one attached hydrogen (secondary N) is 1. The van der Waals surface area contributed by atoms with Crippen LogP contribution < -0.4 is 14.4 Å². The first-order valence-corrected chi connectivity index (χ1v) is 12.9. The number of rotatable bonds is 9. The molecule has 1 aliphatic rings. The lowest BCUT2D eigenvalue weighted by molar-refractivity contribution is -0.116. The van der Waals surface area contributed by atoms with Crippen molar-refractivity contribution < 1.29 is 22.7 Å². The van der Waals surface area contributed by atoms with E-state index < -0.39 is 10.0 Å². The Morgan fingerprint density at radius 3 is 2.33 bits per heavy atom. The van der Waals surface area contributed by atoms with E-state index in [9.17, 15) is 18.0 Å². The topological polar surface area (TPSA) is 96.0 Å². The number of anilines is 2. The first-order chi connectivity index (χ1) is 15.8. The molecular formula is C24H31N3O5S. The Balaban J connectivity index is 1.54. The summed E-state index contributed by atoms with van der Waals surface area (Å²) < 4.78 is 31.1. The summed E-state index contributed by atoms with van der Waals surface area (Å²) in [5, 5.41) is 2.81. The van der Waals surface area contributed by atoms with Crippen LogP contribution in [-0.2, 0) is 14.8 Å². The van der Waals surface area contributed by atoms with Crippen molar-refractivity contribution in [3.63, 3.8) is 0 Å². The van der Waals surface area contributed by atoms with E-state index in [-0.39, 0.29) is 24.8 Å². The molecule has 1 N–H and O–H groups in total. The average Bonchev–Trinajstić information content (AvgIpc) is 2.81. The van der Waals surface area contributed by atoms with Crippen LogP contribution in [0.4, 0.5) is 11.4 Å². The van der Waals surface area contributed by atoms with Crippen LogP contribution in [0.2, 0.25) is 0 Å². The van der Waals surface area contributed by atoms with E-state index in [2.05, 4.69) is 5.32 Å². The number of amides is 2. The number of methoxy groups -OCH3 is 1. The van der Waals surface area contributed by atoms with Crippen molar-refractivity contribution in [2.75, 3.05) is 42.6 Å². The fourth-order valence-corrected chi connectivity index (χ4v) is 4.85. The normalized spacial score (nSPS) is 13.9. The third-order valence-electron chi connectivity index (χ3n) is 5.58. The van der Waals surface area contributed by atoms with Crippen LogP contribution in [0.3, 0.4) is 0 Å². The third kappa shape index (κ3) is 6.71. The van der Waals surface area contributed by atoms with Gasteiger partial charge in [0, 0.05) is 37.3 Å². The minimum atomic E-state index is -3.54. The Hall–Kier alpha value is -3.07. The molecule has 178 valence electrons. The molecule has 0 saturated carbocycles. The predicted octanol–water partition coefficient (Wildman–Crippen LogP) is 3.51. The second-order valence-corrected chi connectivity index (χ2v) is 10.00. The summed E-state index contributed by atoms with van der Waals surface area (Å²) in [4.78, 5) is 26.8. The van der Waals surface area contributed by atoms with Gasteiger partial charge in [-0.15, -0.1) is 0 Å². The van der Waals surface area contributed by atoms with Crippen LogP contribution in [0, 0.1) is 0 Å². The highest BCUT2D eigenvalue weighted by molar-refractivity contribution is 7.92. The molecule has 1 aliphatic heterocycles. The van der Waals surface area contributed by atoms with Gasteiger partial charge >= 0.3 is 0 Å². The van der Waals surface area contributed by atoms with E-state index in [4.69, 9.17) is 4.74 Å². The lowest BCUT2D eigenvalue weighted by Crippen LogP contribution is -2.35. The maximum absolute atomic E-state index is 12.6. The highest BCUT2D eigenvalue weighted by atomic mass is 32.2. The second kappa shape index (κ2) is 11.2. The van der Waals surface area contributed by atoms with Gasteiger partial charge in [-0.05, 0) is 62.1 Å². The molecule has 9 heteroatoms. The van der Waals surface area contributed by atoms with Crippen molar-refractivity contribution >= 4 is 33.2 Å². The molecule has 1 heterocycles. The minimum absolute atomic E-state index is 0.0183. The number of nitrogens with zero attached hydrogens (tertiary/aromatic N) is 2. The molecule has 2 amide bonds. The fourth-order valence-electron chi connectivity index (χ4n) is 3.88. The standard InChI is InChI=1S/C24H31N3O5S/c1-32-22-10-5-4-9-21(22)27(33(2,30)31)18-8-11-23(28)25-20-14-12-19(13-15-20)24(29)26-16-6-3-7-17-26/h4-5,9-10,12-15H,3,6-8,11,16-18H2,1-2H3,(H,25,28). The van der Waals surface area contributed by atoms with Crippen molar-refractivity contribution in [1.29, 1.82) is 0 Å². The van der Waals surface area contributed by atoms with Crippen molar-refractivity contribution in [1.82, 2.24) is 4.90 Å². The van der Waals surface area contributed by atoms with Crippen molar-refractivity contribution in [3.05, 3.63) is 54.1 Å². The zero-order valence-electron chi connectivity index (χ0n) is 19.1. The summed E-state index contributed by atoms with van der Waals surface area (Å²) in [6.45, 7) is 1.73. The monoisotopic (exact) mass is 473 g/mol. The Morgan fingerprint density at radius 1 is 1.03 bits per heavy atom. The van der Waals surface area contributed by atoms with E-state index in [1.165, 1.54) is 11.4 Å². The zero-order chi connectivity index (χ0) is 23.8. The van der Waals surface area contributed by atoms with Crippen LogP contribution >= 0.6 is 0 Å². The summed E-state index contributed by atoms with van der Waals surface area (Å²) in [6, 6.07) is 13.7. The minimum Gasteiger partial charge on any atom is -0.495 e. The quantitative estimate of drug-likeness (QED) is 0.601. The number of benzene rings is 2. The molecule has 1 fully saturated rings. The van der Waals surface area contributed by atoms with Gasteiger partial charge in [-0.3, -0.25) is 13.9 Å². The van der Waals surface area contributed by atoms with E-state index in [1.54, 1.807) is 48.5 Å². The molecule has 0 radical (unpaired) electrons. The van der Waals surface area contributed by atoms with Crippen LogP contribution in [0.25, 0.3) is 0 Å². The first kappa shape index (κ1) is 24.6. The molecular weight excluding hydrogens is 442 g/mol. The molecule has 0 aromatic heterocycles. The van der Waals surface area contributed by atoms with Crippen molar-refractivity contribution in [3.8, 4) is 5.75 Å². The summed E-state index contributed by atoms with van der Waals surface area (Å²) in [5.74, 6) is 0.245. The zero-order valence-corrected chi connectivity index (χ0v) is 19.9. The van der Waals surface area contributed by atoms with Gasteiger partial charge in [0.25, 0.3) is 5.91 Å². The molecule has 33 heavy (non-hydrogen) atoms. The summed E-state index contributed by atoms with van der Waals surface area (Å²) in [5.41, 5.74) is 1.65. The number of carbonyl (C=O) groups excluding carboxylic acids is 2. The molecule has 0 atom stereocenters. The largest absolute Gasteiger partial charge is 0.495 e. The SMILES string of the molecule is COc1ccccc1N(CCCC(=O)Nc1ccc(C(=O)N2CCCCC2)cc1)S(C)(=O)=O. The Bertz CT molecular complexity index is 1060. The molecule has 3 rings (SSSR count). The van der Waals surface area contributed by atoms with Gasteiger partial charge in [-0.2, -0.15) is 0 Å². The number of ether oxygens (including phenoxy) is 1. The third-order valence-corrected chi connectivity index (χ3v) is 6.76. The highest BCUT2D eigenvalue weighted by Gasteiger charge is 2.21. The molecule has 8 nitrogen and oxygen atoms in total. The number of carbonyl (C=O) groups is 2. The maximum Gasteiger partial charge on any atom is 0.253 e. The number of piperidine rings is 1. The summed E-state index contributed by atoms with van der Waals surface area (Å²) in [7, 11) is -2.06. The van der Waals surface area contributed by atoms with Gasteiger partial charge in [0.1, 0.15) is 5.75 Å². The van der Waals surface area contributed by atoms with Crippen LogP contribution in [0.1, 0.15) is 42.5 Å². The van der Waals surface area contributed by atoms with Crippen LogP contribution in [0.5, 0.6) is 5.75 Å². The predicted molar refractivity (Wildman–Crippen MR) is 129 cm³/mol. The average molecular weight is 474 g/mol. The van der Waals surface area contributed by atoms with E-state index in [1.807, 2.05) is 4.90 Å². The van der Waals surface area contributed by atoms with E-state index in [0.29, 0.717) is 29.1 Å². The molecule has 2 aromatic carbocycles. The number of likely N-dealkylation sites (tertiary alicyclic amines) is 1. The molecule has 0 unspecified atom stereocenters. The smallest absolute Gasteiger partial charge is 0.253 e. The molecule has 0 spiro atoms. The number of sulfonamides is 1. The van der Waals surface area contributed by atoms with Crippen molar-refractivity contribution in [2.24, 2.45) is 0 Å². The Kier molecular flexibility index (Phi) is 8.32. The second-order valence-electron chi connectivity index (χ2n) is 8.09. The molecule has 2 aromatic rings. The molecule has 0 bridgehead atoms. The lowest BCUT2D eigenvalue weighted by Gasteiger charge is -2.26. The van der Waals surface area contributed by atoms with Gasteiger partial charge in [0.2, 0.25) is 15.9 Å². The van der Waals surface area contributed by atoms with E-state index >= 15 is 0 Å².